The van der Waals surface area contributed by atoms with E-state index in [1.165, 1.54) is 11.3 Å². The number of nitrogens with one attached hydrogen (secondary N) is 3. The number of carbonyl (C=O) groups is 3. The van der Waals surface area contributed by atoms with Crippen LogP contribution in [-0.4, -0.2) is 41.9 Å². The zero-order valence-corrected chi connectivity index (χ0v) is 17.5. The topological polar surface area (TPSA) is 90.5 Å². The summed E-state index contributed by atoms with van der Waals surface area (Å²) in [5.41, 5.74) is 0.728. The van der Waals surface area contributed by atoms with Crippen molar-refractivity contribution in [2.75, 3.05) is 23.7 Å². The Hall–Kier alpha value is -2.87. The molecule has 1 saturated heterocycles. The van der Waals surface area contributed by atoms with Crippen molar-refractivity contribution in [3.8, 4) is 0 Å². The summed E-state index contributed by atoms with van der Waals surface area (Å²) in [6, 6.07) is 12.5. The highest BCUT2D eigenvalue weighted by molar-refractivity contribution is 7.18. The van der Waals surface area contributed by atoms with Crippen LogP contribution >= 0.6 is 11.3 Å². The molecule has 30 heavy (non-hydrogen) atoms. The van der Waals surface area contributed by atoms with Gasteiger partial charge < -0.3 is 20.9 Å². The van der Waals surface area contributed by atoms with Crippen molar-refractivity contribution in [1.29, 1.82) is 0 Å². The van der Waals surface area contributed by atoms with Gasteiger partial charge in [-0.2, -0.15) is 0 Å². The molecule has 2 aromatic rings. The molecule has 4 amide bonds. The van der Waals surface area contributed by atoms with Gasteiger partial charge in [0.05, 0.1) is 9.88 Å². The third kappa shape index (κ3) is 5.18. The first-order valence-electron chi connectivity index (χ1n) is 10.4. The van der Waals surface area contributed by atoms with E-state index in [2.05, 4.69) is 16.0 Å². The molecule has 7 nitrogen and oxygen atoms in total. The predicted molar refractivity (Wildman–Crippen MR) is 118 cm³/mol. The monoisotopic (exact) mass is 426 g/mol. The van der Waals surface area contributed by atoms with E-state index < -0.39 is 0 Å². The molecule has 0 radical (unpaired) electrons. The molecule has 3 N–H and O–H groups in total. The van der Waals surface area contributed by atoms with Crippen LogP contribution in [0.25, 0.3) is 0 Å². The molecule has 8 heteroatoms. The number of amides is 4. The lowest BCUT2D eigenvalue weighted by Crippen LogP contribution is -2.49. The predicted octanol–water partition coefficient (Wildman–Crippen LogP) is 3.91. The van der Waals surface area contributed by atoms with Crippen LogP contribution in [0.3, 0.4) is 0 Å². The van der Waals surface area contributed by atoms with Gasteiger partial charge in [-0.3, -0.25) is 9.59 Å². The Morgan fingerprint density at radius 1 is 0.967 bits per heavy atom. The van der Waals surface area contributed by atoms with E-state index in [9.17, 15) is 14.4 Å². The fraction of sp³-hybridized carbons (Fsp3) is 0.409. The van der Waals surface area contributed by atoms with Gasteiger partial charge in [0.25, 0.3) is 5.91 Å². The van der Waals surface area contributed by atoms with Gasteiger partial charge in [0.1, 0.15) is 0 Å². The maximum atomic E-state index is 13.1. The van der Waals surface area contributed by atoms with Crippen LogP contribution in [-0.2, 0) is 4.79 Å². The largest absolute Gasteiger partial charge is 0.336 e. The number of benzene rings is 1. The van der Waals surface area contributed by atoms with E-state index in [0.29, 0.717) is 23.0 Å². The van der Waals surface area contributed by atoms with Crippen molar-refractivity contribution in [3.05, 3.63) is 47.3 Å². The second-order valence-corrected chi connectivity index (χ2v) is 8.86. The highest BCUT2D eigenvalue weighted by atomic mass is 32.1. The van der Waals surface area contributed by atoms with E-state index in [0.717, 1.165) is 37.8 Å². The molecule has 1 atom stereocenters. The third-order valence-corrected chi connectivity index (χ3v) is 6.42. The normalized spacial score (nSPS) is 18.5. The van der Waals surface area contributed by atoms with Crippen LogP contribution in [0.1, 0.15) is 41.8 Å². The molecule has 4 rings (SSSR count). The average molecular weight is 427 g/mol. The van der Waals surface area contributed by atoms with Gasteiger partial charge in [0, 0.05) is 30.7 Å². The average Bonchev–Trinajstić information content (AvgIpc) is 3.52. The Kier molecular flexibility index (Phi) is 6.32. The number of thiophene rings is 1. The number of carbonyl (C=O) groups excluding carboxylic acids is 3. The Bertz CT molecular complexity index is 910. The molecular weight excluding hydrogens is 400 g/mol. The summed E-state index contributed by atoms with van der Waals surface area (Å²) in [6.45, 7) is 1.08. The first kappa shape index (κ1) is 20.4. The number of hydrogen-bond acceptors (Lipinski definition) is 4. The van der Waals surface area contributed by atoms with E-state index >= 15 is 0 Å². The number of urea groups is 1. The van der Waals surface area contributed by atoms with E-state index in [-0.39, 0.29) is 29.8 Å². The SMILES string of the molecule is O=C(NCC1CCCCN1C(=O)c1ccc(NC(=O)C2CC2)s1)Nc1ccccc1. The Morgan fingerprint density at radius 2 is 1.77 bits per heavy atom. The van der Waals surface area contributed by atoms with Crippen LogP contribution in [0.15, 0.2) is 42.5 Å². The lowest BCUT2D eigenvalue weighted by Gasteiger charge is -2.35. The maximum absolute atomic E-state index is 13.1. The minimum atomic E-state index is -0.277. The van der Waals surface area contributed by atoms with Crippen LogP contribution in [0.2, 0.25) is 0 Å². The molecule has 158 valence electrons. The molecule has 1 aliphatic heterocycles. The fourth-order valence-corrected chi connectivity index (χ4v) is 4.48. The van der Waals surface area contributed by atoms with Gasteiger partial charge in [0.15, 0.2) is 0 Å². The molecule has 0 spiro atoms. The van der Waals surface area contributed by atoms with E-state index in [1.807, 2.05) is 35.2 Å². The van der Waals surface area contributed by atoms with E-state index in [1.54, 1.807) is 12.1 Å². The zero-order chi connectivity index (χ0) is 20.9. The van der Waals surface area contributed by atoms with Crippen molar-refractivity contribution in [2.45, 2.75) is 38.1 Å². The molecule has 2 heterocycles. The van der Waals surface area contributed by atoms with Crippen molar-refractivity contribution < 1.29 is 14.4 Å². The lowest BCUT2D eigenvalue weighted by atomic mass is 10.0. The van der Waals surface area contributed by atoms with Gasteiger partial charge in [-0.25, -0.2) is 4.79 Å². The smallest absolute Gasteiger partial charge is 0.319 e. The number of nitrogens with zero attached hydrogens (tertiary/aromatic N) is 1. The molecule has 0 bridgehead atoms. The van der Waals surface area contributed by atoms with Gasteiger partial charge in [-0.15, -0.1) is 11.3 Å². The number of para-hydroxylation sites is 1. The summed E-state index contributed by atoms with van der Waals surface area (Å²) < 4.78 is 0. The summed E-state index contributed by atoms with van der Waals surface area (Å²) in [5.74, 6) is 0.132. The number of rotatable bonds is 6. The Labute approximate surface area is 179 Å². The first-order chi connectivity index (χ1) is 14.6. The quantitative estimate of drug-likeness (QED) is 0.654. The summed E-state index contributed by atoms with van der Waals surface area (Å²) in [6.07, 6.45) is 4.74. The molecule has 2 fully saturated rings. The van der Waals surface area contributed by atoms with Crippen LogP contribution in [0, 0.1) is 5.92 Å². The molecule has 1 aliphatic carbocycles. The Morgan fingerprint density at radius 3 is 2.53 bits per heavy atom. The molecule has 1 aromatic heterocycles. The molecule has 1 saturated carbocycles. The highest BCUT2D eigenvalue weighted by Crippen LogP contribution is 2.32. The Balaban J connectivity index is 1.33. The number of likely N-dealkylation sites (tertiary alicyclic amines) is 1. The van der Waals surface area contributed by atoms with Crippen molar-refractivity contribution >= 4 is 39.9 Å². The van der Waals surface area contributed by atoms with Crippen LogP contribution in [0.5, 0.6) is 0 Å². The fourth-order valence-electron chi connectivity index (χ4n) is 3.62. The summed E-state index contributed by atoms with van der Waals surface area (Å²) in [7, 11) is 0. The van der Waals surface area contributed by atoms with Crippen LogP contribution < -0.4 is 16.0 Å². The number of hydrogen-bond donors (Lipinski definition) is 3. The highest BCUT2D eigenvalue weighted by Gasteiger charge is 2.31. The van der Waals surface area contributed by atoms with Crippen molar-refractivity contribution in [2.24, 2.45) is 5.92 Å². The standard InChI is InChI=1S/C22H26N4O3S/c27-20(15-9-10-15)25-19-12-11-18(30-19)21(28)26-13-5-4-8-17(26)14-23-22(29)24-16-6-2-1-3-7-16/h1-3,6-7,11-12,15,17H,4-5,8-10,13-14H2,(H,25,27)(H2,23,24,29). The zero-order valence-electron chi connectivity index (χ0n) is 16.7. The molecule has 1 unspecified atom stereocenters. The van der Waals surface area contributed by atoms with Gasteiger partial charge in [-0.05, 0) is 56.4 Å². The number of piperidine rings is 1. The summed E-state index contributed by atoms with van der Waals surface area (Å²) in [4.78, 5) is 39.7. The van der Waals surface area contributed by atoms with Crippen molar-refractivity contribution in [1.82, 2.24) is 10.2 Å². The molecule has 2 aliphatic rings. The maximum Gasteiger partial charge on any atom is 0.319 e. The third-order valence-electron chi connectivity index (χ3n) is 5.43. The van der Waals surface area contributed by atoms with Gasteiger partial charge in [-0.1, -0.05) is 18.2 Å². The minimum Gasteiger partial charge on any atom is -0.336 e. The van der Waals surface area contributed by atoms with Gasteiger partial charge in [0.2, 0.25) is 5.91 Å². The molecular formula is C22H26N4O3S. The lowest BCUT2D eigenvalue weighted by molar-refractivity contribution is -0.117. The van der Waals surface area contributed by atoms with Crippen molar-refractivity contribution in [3.63, 3.8) is 0 Å². The summed E-state index contributed by atoms with van der Waals surface area (Å²) in [5, 5.41) is 9.30. The summed E-state index contributed by atoms with van der Waals surface area (Å²) >= 11 is 1.31. The second kappa shape index (κ2) is 9.30. The first-order valence-corrected chi connectivity index (χ1v) is 11.2. The number of anilines is 2. The van der Waals surface area contributed by atoms with Gasteiger partial charge >= 0.3 is 6.03 Å². The minimum absolute atomic E-state index is 0.0399. The molecule has 1 aromatic carbocycles. The van der Waals surface area contributed by atoms with Crippen LogP contribution in [0.4, 0.5) is 15.5 Å². The second-order valence-electron chi connectivity index (χ2n) is 7.78. The van der Waals surface area contributed by atoms with E-state index in [4.69, 9.17) is 0 Å².